The van der Waals surface area contributed by atoms with Gasteiger partial charge in [0.2, 0.25) is 0 Å². The summed E-state index contributed by atoms with van der Waals surface area (Å²) in [6.07, 6.45) is 1.63. The zero-order valence-corrected chi connectivity index (χ0v) is 13.5. The van der Waals surface area contributed by atoms with Crippen molar-refractivity contribution >= 4 is 5.78 Å². The Morgan fingerprint density at radius 2 is 1.79 bits per heavy atom. The molecule has 0 fully saturated rings. The molecule has 0 bridgehead atoms. The lowest BCUT2D eigenvalue weighted by atomic mass is 9.98. The van der Waals surface area contributed by atoms with Gasteiger partial charge >= 0.3 is 0 Å². The lowest BCUT2D eigenvalue weighted by Gasteiger charge is -2.18. The van der Waals surface area contributed by atoms with E-state index < -0.39 is 0 Å². The van der Waals surface area contributed by atoms with Crippen LogP contribution in [0.5, 0.6) is 23.0 Å². The largest absolute Gasteiger partial charge is 0.508 e. The number of phenolic OH excluding ortho intramolecular Hbond substituents is 2. The summed E-state index contributed by atoms with van der Waals surface area (Å²) in [5.74, 6) is 0.921. The topological polar surface area (TPSA) is 76.0 Å². The Balaban J connectivity index is 1.83. The van der Waals surface area contributed by atoms with Crippen LogP contribution in [0.2, 0.25) is 0 Å². The Kier molecular flexibility index (Phi) is 4.60. The molecule has 1 aliphatic heterocycles. The van der Waals surface area contributed by atoms with Crippen LogP contribution in [0, 0.1) is 0 Å². The molecule has 24 heavy (non-hydrogen) atoms. The minimum absolute atomic E-state index is 0.0187. The molecular weight excluding hydrogens is 308 g/mol. The van der Waals surface area contributed by atoms with Crippen LogP contribution in [0.4, 0.5) is 0 Å². The summed E-state index contributed by atoms with van der Waals surface area (Å²) in [7, 11) is 0. The maximum Gasteiger partial charge on any atom is 0.170 e. The highest BCUT2D eigenvalue weighted by Crippen LogP contribution is 2.32. The van der Waals surface area contributed by atoms with Gasteiger partial charge in [0.15, 0.2) is 17.3 Å². The third-order valence-electron chi connectivity index (χ3n) is 3.99. The maximum atomic E-state index is 12.6. The van der Waals surface area contributed by atoms with E-state index in [4.69, 9.17) is 9.47 Å². The van der Waals surface area contributed by atoms with E-state index in [0.717, 1.165) is 12.0 Å². The van der Waals surface area contributed by atoms with Crippen LogP contribution >= 0.6 is 0 Å². The molecule has 126 valence electrons. The molecule has 3 rings (SSSR count). The number of aryl methyl sites for hydroxylation is 1. The van der Waals surface area contributed by atoms with Crippen LogP contribution in [0.25, 0.3) is 0 Å². The van der Waals surface area contributed by atoms with Crippen LogP contribution in [0.3, 0.4) is 0 Å². The highest BCUT2D eigenvalue weighted by Gasteiger charge is 2.17. The van der Waals surface area contributed by atoms with Crippen molar-refractivity contribution < 1.29 is 24.5 Å². The van der Waals surface area contributed by atoms with Gasteiger partial charge in [-0.3, -0.25) is 4.79 Å². The van der Waals surface area contributed by atoms with Crippen molar-refractivity contribution in [3.05, 3.63) is 47.0 Å². The van der Waals surface area contributed by atoms with Crippen LogP contribution < -0.4 is 9.47 Å². The molecule has 5 nitrogen and oxygen atoms in total. The third-order valence-corrected chi connectivity index (χ3v) is 3.99. The Morgan fingerprint density at radius 3 is 2.54 bits per heavy atom. The van der Waals surface area contributed by atoms with E-state index >= 15 is 0 Å². The van der Waals surface area contributed by atoms with Gasteiger partial charge in [-0.2, -0.15) is 0 Å². The number of fused-ring (bicyclic) bond motifs is 1. The predicted molar refractivity (Wildman–Crippen MR) is 89.2 cm³/mol. The first-order valence-corrected chi connectivity index (χ1v) is 8.05. The van der Waals surface area contributed by atoms with Crippen LogP contribution in [-0.4, -0.2) is 29.2 Å². The number of benzene rings is 2. The third kappa shape index (κ3) is 3.30. The second-order valence-corrected chi connectivity index (χ2v) is 5.83. The number of phenols is 2. The maximum absolute atomic E-state index is 12.6. The molecule has 0 saturated carbocycles. The summed E-state index contributed by atoms with van der Waals surface area (Å²) in [5, 5.41) is 19.8. The SMILES string of the molecule is CCCc1cc(C(=O)Cc2ccc3c(c2)OCCO3)c(O)cc1O. The predicted octanol–water partition coefficient (Wildman–Crippen LogP) is 3.25. The molecule has 0 aromatic heterocycles. The van der Waals surface area contributed by atoms with E-state index in [1.807, 2.05) is 13.0 Å². The normalized spacial score (nSPS) is 12.9. The van der Waals surface area contributed by atoms with Crippen molar-refractivity contribution in [1.82, 2.24) is 0 Å². The molecule has 2 aromatic carbocycles. The smallest absolute Gasteiger partial charge is 0.170 e. The molecule has 2 aromatic rings. The molecule has 1 heterocycles. The highest BCUT2D eigenvalue weighted by molar-refractivity contribution is 6.00. The molecule has 5 heteroatoms. The molecule has 0 atom stereocenters. The van der Waals surface area contributed by atoms with Crippen LogP contribution in [0.1, 0.15) is 34.8 Å². The molecular formula is C19H20O5. The van der Waals surface area contributed by atoms with Crippen LogP contribution in [0.15, 0.2) is 30.3 Å². The van der Waals surface area contributed by atoms with Crippen molar-refractivity contribution in [3.63, 3.8) is 0 Å². The molecule has 0 amide bonds. The van der Waals surface area contributed by atoms with E-state index in [2.05, 4.69) is 0 Å². The lowest BCUT2D eigenvalue weighted by molar-refractivity contribution is 0.0990. The fourth-order valence-corrected chi connectivity index (χ4v) is 2.79. The van der Waals surface area contributed by atoms with Gasteiger partial charge in [-0.25, -0.2) is 0 Å². The summed E-state index contributed by atoms with van der Waals surface area (Å²) in [4.78, 5) is 12.6. The number of carbonyl (C=O) groups excluding carboxylic acids is 1. The molecule has 0 spiro atoms. The lowest BCUT2D eigenvalue weighted by Crippen LogP contribution is -2.15. The molecule has 1 aliphatic rings. The molecule has 0 aliphatic carbocycles. The fraction of sp³-hybridized carbons (Fsp3) is 0.316. The minimum Gasteiger partial charge on any atom is -0.508 e. The Labute approximate surface area is 140 Å². The van der Waals surface area contributed by atoms with Gasteiger partial charge in [0.05, 0.1) is 5.56 Å². The van der Waals surface area contributed by atoms with Crippen molar-refractivity contribution in [2.45, 2.75) is 26.2 Å². The van der Waals surface area contributed by atoms with Gasteiger partial charge in [-0.05, 0) is 35.7 Å². The van der Waals surface area contributed by atoms with Gasteiger partial charge in [-0.1, -0.05) is 19.4 Å². The average molecular weight is 328 g/mol. The Bertz CT molecular complexity index is 767. The van der Waals surface area contributed by atoms with Crippen molar-refractivity contribution in [1.29, 1.82) is 0 Å². The van der Waals surface area contributed by atoms with Gasteiger partial charge in [0.1, 0.15) is 24.7 Å². The van der Waals surface area contributed by atoms with Gasteiger partial charge in [0.25, 0.3) is 0 Å². The molecule has 2 N–H and O–H groups in total. The highest BCUT2D eigenvalue weighted by atomic mass is 16.6. The van der Waals surface area contributed by atoms with E-state index in [0.29, 0.717) is 36.7 Å². The first-order chi connectivity index (χ1) is 11.6. The summed E-state index contributed by atoms with van der Waals surface area (Å²) in [6.45, 7) is 3.00. The quantitative estimate of drug-likeness (QED) is 0.824. The Hall–Kier alpha value is -2.69. The monoisotopic (exact) mass is 328 g/mol. The van der Waals surface area contributed by atoms with Crippen molar-refractivity contribution in [3.8, 4) is 23.0 Å². The number of hydrogen-bond acceptors (Lipinski definition) is 5. The summed E-state index contributed by atoms with van der Waals surface area (Å²) >= 11 is 0. The van der Waals surface area contributed by atoms with E-state index in [-0.39, 0.29) is 29.3 Å². The number of ether oxygens (including phenoxy) is 2. The zero-order valence-electron chi connectivity index (χ0n) is 13.5. The Morgan fingerprint density at radius 1 is 1.04 bits per heavy atom. The standard InChI is InChI=1S/C19H20O5/c1-2-3-13-10-14(17(22)11-15(13)20)16(21)8-12-4-5-18-19(9-12)24-7-6-23-18/h4-5,9-11,20,22H,2-3,6-8H2,1H3. The van der Waals surface area contributed by atoms with Gasteiger partial charge in [0, 0.05) is 12.5 Å². The van der Waals surface area contributed by atoms with Gasteiger partial charge in [-0.15, -0.1) is 0 Å². The fourth-order valence-electron chi connectivity index (χ4n) is 2.79. The number of ketones is 1. The number of hydrogen-bond donors (Lipinski definition) is 2. The number of Topliss-reactive ketones (excluding diaryl/α,β-unsaturated/α-hetero) is 1. The van der Waals surface area contributed by atoms with E-state index in [1.54, 1.807) is 18.2 Å². The molecule has 0 unspecified atom stereocenters. The summed E-state index contributed by atoms with van der Waals surface area (Å²) in [6, 6.07) is 8.21. The number of aromatic hydroxyl groups is 2. The molecule has 0 saturated heterocycles. The summed E-state index contributed by atoms with van der Waals surface area (Å²) < 4.78 is 11.0. The van der Waals surface area contributed by atoms with Crippen molar-refractivity contribution in [2.24, 2.45) is 0 Å². The second-order valence-electron chi connectivity index (χ2n) is 5.83. The van der Waals surface area contributed by atoms with Crippen molar-refractivity contribution in [2.75, 3.05) is 13.2 Å². The zero-order chi connectivity index (χ0) is 17.1. The summed E-state index contributed by atoms with van der Waals surface area (Å²) in [5.41, 5.74) is 1.68. The van der Waals surface area contributed by atoms with E-state index in [1.165, 1.54) is 6.07 Å². The number of rotatable bonds is 5. The first-order valence-electron chi connectivity index (χ1n) is 8.05. The van der Waals surface area contributed by atoms with Gasteiger partial charge < -0.3 is 19.7 Å². The molecule has 0 radical (unpaired) electrons. The average Bonchev–Trinajstić information content (AvgIpc) is 2.57. The second kappa shape index (κ2) is 6.83. The van der Waals surface area contributed by atoms with Crippen LogP contribution in [-0.2, 0) is 12.8 Å². The first kappa shape index (κ1) is 16.2. The number of carbonyl (C=O) groups is 1. The van der Waals surface area contributed by atoms with E-state index in [9.17, 15) is 15.0 Å². The minimum atomic E-state index is -0.207.